The van der Waals surface area contributed by atoms with Crippen molar-refractivity contribution in [2.75, 3.05) is 31.1 Å². The highest BCUT2D eigenvalue weighted by Crippen LogP contribution is 2.33. The highest BCUT2D eigenvalue weighted by molar-refractivity contribution is 5.81. The SMILES string of the molecule is C[C@@H]1CN(C(=O)C2CNC[C@H]2c2ccc(F)cc2F)C[C@H](C)N1c1ccc(F)cc1. The number of rotatable bonds is 3. The molecule has 1 amide bonds. The summed E-state index contributed by atoms with van der Waals surface area (Å²) in [6.07, 6.45) is 0. The van der Waals surface area contributed by atoms with Gasteiger partial charge in [-0.05, 0) is 49.7 Å². The molecular weight excluding hydrogens is 391 g/mol. The maximum atomic E-state index is 14.3. The fraction of sp³-hybridized carbons (Fsp3) is 0.435. The first-order valence-electron chi connectivity index (χ1n) is 10.3. The Hall–Kier alpha value is -2.54. The minimum absolute atomic E-state index is 0.00817. The molecule has 30 heavy (non-hydrogen) atoms. The number of benzene rings is 2. The minimum Gasteiger partial charge on any atom is -0.363 e. The van der Waals surface area contributed by atoms with Crippen LogP contribution < -0.4 is 10.2 Å². The lowest BCUT2D eigenvalue weighted by Crippen LogP contribution is -2.59. The molecule has 0 saturated carbocycles. The molecule has 2 aliphatic heterocycles. The molecule has 0 aliphatic carbocycles. The number of nitrogens with one attached hydrogen (secondary N) is 1. The van der Waals surface area contributed by atoms with Crippen molar-refractivity contribution in [1.29, 1.82) is 0 Å². The van der Waals surface area contributed by atoms with Gasteiger partial charge in [-0.25, -0.2) is 13.2 Å². The molecule has 0 bridgehead atoms. The van der Waals surface area contributed by atoms with Crippen molar-refractivity contribution in [3.63, 3.8) is 0 Å². The summed E-state index contributed by atoms with van der Waals surface area (Å²) in [6, 6.07) is 10.1. The maximum Gasteiger partial charge on any atom is 0.227 e. The third kappa shape index (κ3) is 3.90. The average Bonchev–Trinajstić information content (AvgIpc) is 3.17. The van der Waals surface area contributed by atoms with Gasteiger partial charge in [-0.1, -0.05) is 6.07 Å². The van der Waals surface area contributed by atoms with Gasteiger partial charge < -0.3 is 15.1 Å². The Kier molecular flexibility index (Phi) is 5.73. The number of piperazine rings is 1. The van der Waals surface area contributed by atoms with E-state index in [1.165, 1.54) is 24.3 Å². The summed E-state index contributed by atoms with van der Waals surface area (Å²) < 4.78 is 40.9. The van der Waals surface area contributed by atoms with Gasteiger partial charge in [0.15, 0.2) is 0 Å². The smallest absolute Gasteiger partial charge is 0.227 e. The normalized spacial score (nSPS) is 26.8. The molecule has 0 radical (unpaired) electrons. The number of anilines is 1. The first-order chi connectivity index (χ1) is 14.3. The predicted molar refractivity (Wildman–Crippen MR) is 110 cm³/mol. The Bertz CT molecular complexity index is 908. The number of halogens is 3. The Morgan fingerprint density at radius 3 is 2.20 bits per heavy atom. The molecule has 0 aromatic heterocycles. The van der Waals surface area contributed by atoms with Crippen LogP contribution in [-0.4, -0.2) is 49.1 Å². The van der Waals surface area contributed by atoms with Crippen molar-refractivity contribution in [1.82, 2.24) is 10.2 Å². The molecule has 1 unspecified atom stereocenters. The van der Waals surface area contributed by atoms with Crippen LogP contribution >= 0.6 is 0 Å². The zero-order valence-corrected chi connectivity index (χ0v) is 17.1. The third-order valence-corrected chi connectivity index (χ3v) is 6.25. The molecule has 2 aromatic carbocycles. The van der Waals surface area contributed by atoms with E-state index in [4.69, 9.17) is 0 Å². The van der Waals surface area contributed by atoms with Gasteiger partial charge in [0.05, 0.1) is 5.92 Å². The summed E-state index contributed by atoms with van der Waals surface area (Å²) in [7, 11) is 0. The number of nitrogens with zero attached hydrogens (tertiary/aromatic N) is 2. The summed E-state index contributed by atoms with van der Waals surface area (Å²) in [5, 5.41) is 3.19. The van der Waals surface area contributed by atoms with Gasteiger partial charge >= 0.3 is 0 Å². The summed E-state index contributed by atoms with van der Waals surface area (Å²) in [5.74, 6) is -2.22. The second-order valence-electron chi connectivity index (χ2n) is 8.36. The third-order valence-electron chi connectivity index (χ3n) is 6.25. The zero-order valence-electron chi connectivity index (χ0n) is 17.1. The van der Waals surface area contributed by atoms with E-state index in [-0.39, 0.29) is 35.6 Å². The van der Waals surface area contributed by atoms with E-state index < -0.39 is 11.6 Å². The Morgan fingerprint density at radius 2 is 1.57 bits per heavy atom. The molecule has 4 atom stereocenters. The quantitative estimate of drug-likeness (QED) is 0.830. The predicted octanol–water partition coefficient (Wildman–Crippen LogP) is 3.53. The molecule has 7 heteroatoms. The van der Waals surface area contributed by atoms with Gasteiger partial charge in [0.25, 0.3) is 0 Å². The van der Waals surface area contributed by atoms with E-state index in [2.05, 4.69) is 10.2 Å². The van der Waals surface area contributed by atoms with Crippen LogP contribution in [0.3, 0.4) is 0 Å². The molecule has 1 N–H and O–H groups in total. The summed E-state index contributed by atoms with van der Waals surface area (Å²) in [4.78, 5) is 17.4. The number of hydrogen-bond donors (Lipinski definition) is 1. The fourth-order valence-electron chi connectivity index (χ4n) is 4.93. The summed E-state index contributed by atoms with van der Waals surface area (Å²) in [6.45, 7) is 6.12. The van der Waals surface area contributed by atoms with Crippen molar-refractivity contribution in [2.24, 2.45) is 5.92 Å². The van der Waals surface area contributed by atoms with Gasteiger partial charge in [-0.3, -0.25) is 4.79 Å². The lowest BCUT2D eigenvalue weighted by atomic mass is 9.87. The van der Waals surface area contributed by atoms with Crippen molar-refractivity contribution in [3.05, 3.63) is 65.5 Å². The molecule has 160 valence electrons. The second-order valence-corrected chi connectivity index (χ2v) is 8.36. The van der Waals surface area contributed by atoms with E-state index in [9.17, 15) is 18.0 Å². The van der Waals surface area contributed by atoms with Crippen LogP contribution in [0.4, 0.5) is 18.9 Å². The number of hydrogen-bond acceptors (Lipinski definition) is 3. The lowest BCUT2D eigenvalue weighted by Gasteiger charge is -2.46. The van der Waals surface area contributed by atoms with Crippen LogP contribution in [0.5, 0.6) is 0 Å². The lowest BCUT2D eigenvalue weighted by molar-refractivity contribution is -0.136. The molecule has 2 fully saturated rings. The van der Waals surface area contributed by atoms with E-state index in [0.717, 1.165) is 11.8 Å². The zero-order chi connectivity index (χ0) is 21.4. The largest absolute Gasteiger partial charge is 0.363 e. The Balaban J connectivity index is 1.50. The van der Waals surface area contributed by atoms with Crippen LogP contribution in [0.25, 0.3) is 0 Å². The molecule has 4 nitrogen and oxygen atoms in total. The molecule has 2 aromatic rings. The van der Waals surface area contributed by atoms with Crippen molar-refractivity contribution < 1.29 is 18.0 Å². The fourth-order valence-corrected chi connectivity index (χ4v) is 4.93. The first kappa shape index (κ1) is 20.7. The van der Waals surface area contributed by atoms with Crippen LogP contribution in [0, 0.1) is 23.4 Å². The van der Waals surface area contributed by atoms with Gasteiger partial charge in [0.2, 0.25) is 5.91 Å². The molecule has 2 aliphatic rings. The van der Waals surface area contributed by atoms with Crippen LogP contribution in [-0.2, 0) is 4.79 Å². The number of carbonyl (C=O) groups is 1. The highest BCUT2D eigenvalue weighted by atomic mass is 19.1. The summed E-state index contributed by atoms with van der Waals surface area (Å²) in [5.41, 5.74) is 1.31. The molecule has 2 saturated heterocycles. The van der Waals surface area contributed by atoms with Crippen LogP contribution in [0.2, 0.25) is 0 Å². The minimum atomic E-state index is -0.621. The highest BCUT2D eigenvalue weighted by Gasteiger charge is 2.40. The maximum absolute atomic E-state index is 14.3. The molecule has 4 rings (SSSR count). The molecule has 2 heterocycles. The van der Waals surface area contributed by atoms with Crippen molar-refractivity contribution >= 4 is 11.6 Å². The standard InChI is InChI=1S/C23H26F3N3O/c1-14-12-28(13-15(2)29(14)18-6-3-16(24)4-7-18)23(30)21-11-27-10-20(21)19-8-5-17(25)9-22(19)26/h3-9,14-15,20-21,27H,10-13H2,1-2H3/t14-,15+,20-,21?/m0/s1. The van der Waals surface area contributed by atoms with E-state index >= 15 is 0 Å². The number of carbonyl (C=O) groups excluding carboxylic acids is 1. The van der Waals surface area contributed by atoms with Gasteiger partial charge in [0, 0.05) is 55.9 Å². The van der Waals surface area contributed by atoms with Crippen LogP contribution in [0.1, 0.15) is 25.3 Å². The van der Waals surface area contributed by atoms with Crippen molar-refractivity contribution in [3.8, 4) is 0 Å². The number of amides is 1. The monoisotopic (exact) mass is 417 g/mol. The van der Waals surface area contributed by atoms with E-state index in [0.29, 0.717) is 31.7 Å². The Morgan fingerprint density at radius 1 is 0.933 bits per heavy atom. The van der Waals surface area contributed by atoms with Gasteiger partial charge in [-0.15, -0.1) is 0 Å². The van der Waals surface area contributed by atoms with Gasteiger partial charge in [-0.2, -0.15) is 0 Å². The summed E-state index contributed by atoms with van der Waals surface area (Å²) >= 11 is 0. The second kappa shape index (κ2) is 8.30. The van der Waals surface area contributed by atoms with Gasteiger partial charge in [0.1, 0.15) is 17.5 Å². The first-order valence-corrected chi connectivity index (χ1v) is 10.3. The van der Waals surface area contributed by atoms with E-state index in [1.807, 2.05) is 18.7 Å². The topological polar surface area (TPSA) is 35.6 Å². The Labute approximate surface area is 174 Å². The molecular formula is C23H26F3N3O. The molecule has 0 spiro atoms. The van der Waals surface area contributed by atoms with Crippen molar-refractivity contribution in [2.45, 2.75) is 31.8 Å². The average molecular weight is 417 g/mol. The van der Waals surface area contributed by atoms with Crippen LogP contribution in [0.15, 0.2) is 42.5 Å². The van der Waals surface area contributed by atoms with E-state index in [1.54, 1.807) is 12.1 Å².